The third-order valence-corrected chi connectivity index (χ3v) is 6.84. The van der Waals surface area contributed by atoms with Gasteiger partial charge in [0, 0.05) is 36.1 Å². The molecule has 1 aliphatic heterocycles. The number of thioether (sulfide) groups is 1. The zero-order valence-electron chi connectivity index (χ0n) is 15.5. The highest BCUT2D eigenvalue weighted by atomic mass is 32.2. The van der Waals surface area contributed by atoms with Gasteiger partial charge in [-0.05, 0) is 30.4 Å². The molecule has 1 aliphatic carbocycles. The molecule has 2 aliphatic rings. The van der Waals surface area contributed by atoms with Crippen LogP contribution in [-0.4, -0.2) is 44.3 Å². The Hall–Kier alpha value is -1.82. The highest BCUT2D eigenvalue weighted by Gasteiger charge is 2.35. The molecule has 1 N–H and O–H groups in total. The summed E-state index contributed by atoms with van der Waals surface area (Å²) in [4.78, 5) is 27.2. The molecule has 0 radical (unpaired) electrons. The Kier molecular flexibility index (Phi) is 4.78. The number of hydrogen-bond donors (Lipinski definition) is 1. The lowest BCUT2D eigenvalue weighted by molar-refractivity contribution is 0.100. The molecule has 1 saturated carbocycles. The summed E-state index contributed by atoms with van der Waals surface area (Å²) in [6, 6.07) is 4.29. The van der Waals surface area contributed by atoms with Gasteiger partial charge < -0.3 is 9.88 Å². The van der Waals surface area contributed by atoms with E-state index in [1.807, 2.05) is 12.1 Å². The second-order valence-corrected chi connectivity index (χ2v) is 9.12. The Morgan fingerprint density at radius 1 is 1.35 bits per heavy atom. The zero-order valence-corrected chi connectivity index (χ0v) is 16.3. The molecule has 0 bridgehead atoms. The molecule has 138 valence electrons. The summed E-state index contributed by atoms with van der Waals surface area (Å²) in [6.07, 6.45) is 9.76. The number of aromatic amines is 1. The molecule has 0 unspecified atom stereocenters. The number of nitrogens with one attached hydrogen (secondary N) is 1. The first-order valence-corrected chi connectivity index (χ1v) is 10.5. The molecule has 2 aromatic rings. The van der Waals surface area contributed by atoms with E-state index in [-0.39, 0.29) is 11.3 Å². The Morgan fingerprint density at radius 2 is 2.15 bits per heavy atom. The molecule has 2 aromatic heterocycles. The smallest absolute Gasteiger partial charge is 0.281 e. The van der Waals surface area contributed by atoms with E-state index in [2.05, 4.69) is 33.7 Å². The Bertz CT molecular complexity index is 835. The molecule has 4 rings (SSSR count). The third-order valence-electron chi connectivity index (χ3n) is 5.33. The van der Waals surface area contributed by atoms with E-state index < -0.39 is 0 Å². The van der Waals surface area contributed by atoms with Crippen LogP contribution in [-0.2, 0) is 0 Å². The molecule has 26 heavy (non-hydrogen) atoms. The lowest BCUT2D eigenvalue weighted by atomic mass is 9.90. The first kappa shape index (κ1) is 17.6. The van der Waals surface area contributed by atoms with Gasteiger partial charge in [0.25, 0.3) is 5.91 Å². The number of amides is 1. The number of H-pyrrole nitrogens is 1. The molecule has 1 saturated heterocycles. The summed E-state index contributed by atoms with van der Waals surface area (Å²) in [5.74, 6) is 0.824. The number of aliphatic imine (C=N–C) groups is 1. The van der Waals surface area contributed by atoms with Gasteiger partial charge in [0.05, 0.1) is 5.56 Å². The minimum Gasteiger partial charge on any atom is -0.348 e. The summed E-state index contributed by atoms with van der Waals surface area (Å²) >= 11 is 1.73. The van der Waals surface area contributed by atoms with E-state index in [1.165, 1.54) is 32.1 Å². The minimum atomic E-state index is -0.174. The fourth-order valence-corrected chi connectivity index (χ4v) is 5.11. The highest BCUT2D eigenvalue weighted by molar-refractivity contribution is 8.13. The van der Waals surface area contributed by atoms with E-state index in [1.54, 1.807) is 24.2 Å². The van der Waals surface area contributed by atoms with Gasteiger partial charge in [0.2, 0.25) is 0 Å². The summed E-state index contributed by atoms with van der Waals surface area (Å²) < 4.78 is 0. The maximum atomic E-state index is 12.9. The normalized spacial score (nSPS) is 22.8. The lowest BCUT2D eigenvalue weighted by Gasteiger charge is -2.44. The average Bonchev–Trinajstić information content (AvgIpc) is 3.08. The van der Waals surface area contributed by atoms with Crippen molar-refractivity contribution < 1.29 is 4.79 Å². The molecular weight excluding hydrogens is 344 g/mol. The van der Waals surface area contributed by atoms with Gasteiger partial charge in [-0.1, -0.05) is 44.9 Å². The lowest BCUT2D eigenvalue weighted by Crippen LogP contribution is -2.49. The molecule has 5 nitrogen and oxygen atoms in total. The molecule has 6 heteroatoms. The summed E-state index contributed by atoms with van der Waals surface area (Å²) in [5.41, 5.74) is 1.58. The van der Waals surface area contributed by atoms with Crippen molar-refractivity contribution in [1.29, 1.82) is 0 Å². The van der Waals surface area contributed by atoms with Gasteiger partial charge in [-0.3, -0.25) is 4.79 Å². The van der Waals surface area contributed by atoms with Crippen molar-refractivity contribution >= 4 is 33.9 Å². The molecule has 0 aromatic carbocycles. The number of aromatic nitrogens is 2. The largest absolute Gasteiger partial charge is 0.348 e. The summed E-state index contributed by atoms with van der Waals surface area (Å²) in [6.45, 7) is 5.59. The van der Waals surface area contributed by atoms with Crippen LogP contribution in [0, 0.1) is 5.41 Å². The molecule has 2 fully saturated rings. The van der Waals surface area contributed by atoms with Crippen LogP contribution in [0.15, 0.2) is 29.5 Å². The Morgan fingerprint density at radius 3 is 2.96 bits per heavy atom. The van der Waals surface area contributed by atoms with E-state index in [0.717, 1.165) is 28.5 Å². The Labute approximate surface area is 158 Å². The first-order chi connectivity index (χ1) is 12.5. The van der Waals surface area contributed by atoms with Gasteiger partial charge in [0.15, 0.2) is 5.17 Å². The minimum absolute atomic E-state index is 0.174. The van der Waals surface area contributed by atoms with Crippen molar-refractivity contribution in [2.45, 2.75) is 52.0 Å². The fourth-order valence-electron chi connectivity index (χ4n) is 3.97. The van der Waals surface area contributed by atoms with Gasteiger partial charge in [-0.15, -0.1) is 0 Å². The average molecular weight is 371 g/mol. The van der Waals surface area contributed by atoms with Crippen LogP contribution in [0.2, 0.25) is 0 Å². The van der Waals surface area contributed by atoms with Crippen LogP contribution in [0.4, 0.5) is 0 Å². The van der Waals surface area contributed by atoms with Gasteiger partial charge in [-0.25, -0.2) is 4.98 Å². The number of carbonyl (C=O) groups excluding carboxylic acids is 1. The van der Waals surface area contributed by atoms with E-state index in [4.69, 9.17) is 0 Å². The third kappa shape index (κ3) is 3.52. The molecule has 0 atom stereocenters. The molecule has 1 amide bonds. The number of rotatable bonds is 2. The number of carbonyl (C=O) groups is 1. The van der Waals surface area contributed by atoms with Gasteiger partial charge in [-0.2, -0.15) is 4.99 Å². The predicted molar refractivity (Wildman–Crippen MR) is 108 cm³/mol. The Balaban J connectivity index is 1.63. The van der Waals surface area contributed by atoms with Crippen LogP contribution < -0.4 is 0 Å². The fraction of sp³-hybridized carbons (Fsp3) is 0.550. The predicted octanol–water partition coefficient (Wildman–Crippen LogP) is 4.47. The standard InChI is InChI=1S/C20H26N4OS/c1-20(2)12-24(14-7-4-3-5-8-14)19(26-13-20)23-18(25)16-11-22-17-15(16)9-6-10-21-17/h6,9-11,14H,3-5,7-8,12-13H2,1-2H3,(H,21,22)/b23-19-. The van der Waals surface area contributed by atoms with Crippen LogP contribution in [0.5, 0.6) is 0 Å². The molecule has 0 spiro atoms. The van der Waals surface area contributed by atoms with Crippen LogP contribution in [0.3, 0.4) is 0 Å². The second-order valence-electron chi connectivity index (χ2n) is 8.17. The molecular formula is C20H26N4OS. The highest BCUT2D eigenvalue weighted by Crippen LogP contribution is 2.36. The van der Waals surface area contributed by atoms with E-state index in [0.29, 0.717) is 11.6 Å². The zero-order chi connectivity index (χ0) is 18.1. The number of nitrogens with zero attached hydrogens (tertiary/aromatic N) is 3. The first-order valence-electron chi connectivity index (χ1n) is 9.48. The van der Waals surface area contributed by atoms with Crippen LogP contribution >= 0.6 is 11.8 Å². The van der Waals surface area contributed by atoms with Gasteiger partial charge in [0.1, 0.15) is 5.65 Å². The second kappa shape index (κ2) is 7.06. The van der Waals surface area contributed by atoms with Crippen molar-refractivity contribution in [3.05, 3.63) is 30.1 Å². The monoisotopic (exact) mass is 370 g/mol. The summed E-state index contributed by atoms with van der Waals surface area (Å²) in [5, 5.41) is 1.74. The number of hydrogen-bond acceptors (Lipinski definition) is 3. The van der Waals surface area contributed by atoms with Crippen molar-refractivity contribution in [3.63, 3.8) is 0 Å². The van der Waals surface area contributed by atoms with Crippen molar-refractivity contribution in [2.75, 3.05) is 12.3 Å². The summed E-state index contributed by atoms with van der Waals surface area (Å²) in [7, 11) is 0. The molecule has 3 heterocycles. The van der Waals surface area contributed by atoms with E-state index >= 15 is 0 Å². The number of pyridine rings is 1. The van der Waals surface area contributed by atoms with Gasteiger partial charge >= 0.3 is 0 Å². The van der Waals surface area contributed by atoms with E-state index in [9.17, 15) is 4.79 Å². The van der Waals surface area contributed by atoms with Crippen molar-refractivity contribution in [3.8, 4) is 0 Å². The maximum Gasteiger partial charge on any atom is 0.281 e. The van der Waals surface area contributed by atoms with Crippen LogP contribution in [0.25, 0.3) is 11.0 Å². The number of fused-ring (bicyclic) bond motifs is 1. The van der Waals surface area contributed by atoms with Crippen LogP contribution in [0.1, 0.15) is 56.3 Å². The van der Waals surface area contributed by atoms with Crippen molar-refractivity contribution in [2.24, 2.45) is 10.4 Å². The quantitative estimate of drug-likeness (QED) is 0.847. The van der Waals surface area contributed by atoms with Crippen molar-refractivity contribution in [1.82, 2.24) is 14.9 Å². The topological polar surface area (TPSA) is 61.4 Å². The number of amidine groups is 1. The SMILES string of the molecule is CC1(C)CS/C(=N\C(=O)c2c[nH]c3ncccc23)N(C2CCCCC2)C1. The maximum absolute atomic E-state index is 12.9.